The SMILES string of the molecule is CCOC(C)OC(CCCOC(=O)C1CC2CCC1C2)(C(F)(F)F)C(F)(F)F. The van der Waals surface area contributed by atoms with Gasteiger partial charge in [0.2, 0.25) is 0 Å². The fourth-order valence-electron chi connectivity index (χ4n) is 4.32. The van der Waals surface area contributed by atoms with Gasteiger partial charge in [-0.2, -0.15) is 26.3 Å². The minimum atomic E-state index is -5.70. The first-order valence-electron chi connectivity index (χ1n) is 9.50. The molecule has 10 heteroatoms. The second-order valence-corrected chi connectivity index (χ2v) is 7.52. The van der Waals surface area contributed by atoms with Crippen molar-refractivity contribution in [2.75, 3.05) is 13.2 Å². The van der Waals surface area contributed by atoms with Crippen LogP contribution in [0.1, 0.15) is 52.4 Å². The maximum atomic E-state index is 13.4. The van der Waals surface area contributed by atoms with Gasteiger partial charge in [0.1, 0.15) is 0 Å². The molecule has 0 aromatic heterocycles. The van der Waals surface area contributed by atoms with Crippen LogP contribution in [0.15, 0.2) is 0 Å². The molecule has 0 amide bonds. The highest BCUT2D eigenvalue weighted by atomic mass is 19.4. The van der Waals surface area contributed by atoms with E-state index in [9.17, 15) is 31.1 Å². The number of hydrogen-bond acceptors (Lipinski definition) is 4. The monoisotopic (exact) mass is 420 g/mol. The molecule has 4 atom stereocenters. The second kappa shape index (κ2) is 8.77. The number of carbonyl (C=O) groups excluding carboxylic acids is 1. The van der Waals surface area contributed by atoms with E-state index in [1.807, 2.05) is 0 Å². The molecule has 2 fully saturated rings. The molecule has 0 radical (unpaired) electrons. The molecule has 0 heterocycles. The van der Waals surface area contributed by atoms with Crippen molar-refractivity contribution in [2.45, 2.75) is 76.6 Å². The lowest BCUT2D eigenvalue weighted by molar-refractivity contribution is -0.409. The third-order valence-electron chi connectivity index (χ3n) is 5.64. The van der Waals surface area contributed by atoms with Gasteiger partial charge in [-0.05, 0) is 57.8 Å². The summed E-state index contributed by atoms with van der Waals surface area (Å²) in [6.07, 6.45) is -11.6. The number of ether oxygens (including phenoxy) is 3. The van der Waals surface area contributed by atoms with E-state index in [0.29, 0.717) is 12.3 Å². The molecule has 4 unspecified atom stereocenters. The van der Waals surface area contributed by atoms with E-state index in [0.717, 1.165) is 26.2 Å². The zero-order valence-corrected chi connectivity index (χ0v) is 15.9. The summed E-state index contributed by atoms with van der Waals surface area (Å²) in [7, 11) is 0. The topological polar surface area (TPSA) is 44.8 Å². The molecule has 0 spiro atoms. The van der Waals surface area contributed by atoms with Crippen molar-refractivity contribution in [1.29, 1.82) is 0 Å². The summed E-state index contributed by atoms with van der Waals surface area (Å²) in [6.45, 7) is 1.78. The van der Waals surface area contributed by atoms with Gasteiger partial charge < -0.3 is 14.2 Å². The zero-order chi connectivity index (χ0) is 21.2. The van der Waals surface area contributed by atoms with E-state index in [1.165, 1.54) is 6.92 Å². The van der Waals surface area contributed by atoms with Crippen LogP contribution in [-0.2, 0) is 19.0 Å². The Morgan fingerprint density at radius 1 is 1.07 bits per heavy atom. The highest BCUT2D eigenvalue weighted by molar-refractivity contribution is 5.73. The van der Waals surface area contributed by atoms with Crippen LogP contribution >= 0.6 is 0 Å². The van der Waals surface area contributed by atoms with E-state index in [4.69, 9.17) is 9.47 Å². The standard InChI is InChI=1S/C18H26F6O4/c1-3-26-11(2)28-16(17(19,20)21,18(22,23)24)7-4-8-27-15(25)14-10-12-5-6-13(14)9-12/h11-14H,3-10H2,1-2H3. The maximum Gasteiger partial charge on any atom is 0.426 e. The van der Waals surface area contributed by atoms with Crippen molar-refractivity contribution >= 4 is 5.97 Å². The first-order valence-corrected chi connectivity index (χ1v) is 9.50. The van der Waals surface area contributed by atoms with Crippen molar-refractivity contribution in [3.05, 3.63) is 0 Å². The van der Waals surface area contributed by atoms with E-state index >= 15 is 0 Å². The first-order chi connectivity index (χ1) is 12.9. The predicted molar refractivity (Wildman–Crippen MR) is 86.1 cm³/mol. The van der Waals surface area contributed by atoms with Crippen molar-refractivity contribution in [3.8, 4) is 0 Å². The zero-order valence-electron chi connectivity index (χ0n) is 15.9. The van der Waals surface area contributed by atoms with Crippen LogP contribution < -0.4 is 0 Å². The average molecular weight is 420 g/mol. The molecule has 2 bridgehead atoms. The van der Waals surface area contributed by atoms with E-state index in [-0.39, 0.29) is 18.4 Å². The number of alkyl halides is 6. The summed E-state index contributed by atoms with van der Waals surface area (Å²) in [5.74, 6) is -0.125. The molecule has 2 aliphatic rings. The van der Waals surface area contributed by atoms with Gasteiger partial charge in [0, 0.05) is 6.61 Å². The normalized spacial score (nSPS) is 26.5. The molecule has 2 aliphatic carbocycles. The molecule has 164 valence electrons. The van der Waals surface area contributed by atoms with E-state index in [1.54, 1.807) is 0 Å². The van der Waals surface area contributed by atoms with Crippen molar-refractivity contribution in [2.24, 2.45) is 17.8 Å². The van der Waals surface area contributed by atoms with Gasteiger partial charge in [-0.1, -0.05) is 6.42 Å². The number of rotatable bonds is 9. The summed E-state index contributed by atoms with van der Waals surface area (Å²) in [5.41, 5.74) is -4.38. The number of hydrogen-bond donors (Lipinski definition) is 0. The van der Waals surface area contributed by atoms with Gasteiger partial charge in [-0.15, -0.1) is 0 Å². The Morgan fingerprint density at radius 3 is 2.18 bits per heavy atom. The number of esters is 1. The molecule has 2 rings (SSSR count). The van der Waals surface area contributed by atoms with Gasteiger partial charge in [0.05, 0.1) is 12.5 Å². The maximum absolute atomic E-state index is 13.4. The molecule has 2 saturated carbocycles. The number of fused-ring (bicyclic) bond motifs is 2. The van der Waals surface area contributed by atoms with Crippen LogP contribution in [-0.4, -0.2) is 43.4 Å². The summed E-state index contributed by atoms with van der Waals surface area (Å²) < 4.78 is 94.4. The fraction of sp³-hybridized carbons (Fsp3) is 0.944. The van der Waals surface area contributed by atoms with Gasteiger partial charge >= 0.3 is 18.3 Å². The molecule has 0 aromatic rings. The van der Waals surface area contributed by atoms with Crippen molar-refractivity contribution in [1.82, 2.24) is 0 Å². The third kappa shape index (κ3) is 4.93. The summed E-state index contributed by atoms with van der Waals surface area (Å²) >= 11 is 0. The highest BCUT2D eigenvalue weighted by Crippen LogP contribution is 2.50. The van der Waals surface area contributed by atoms with Gasteiger partial charge in [-0.25, -0.2) is 0 Å². The van der Waals surface area contributed by atoms with E-state index < -0.39 is 49.7 Å². The van der Waals surface area contributed by atoms with Gasteiger partial charge in [-0.3, -0.25) is 4.79 Å². The Hall–Kier alpha value is -1.03. The highest BCUT2D eigenvalue weighted by Gasteiger charge is 2.72. The molecule has 0 aromatic carbocycles. The lowest BCUT2D eigenvalue weighted by Crippen LogP contribution is -2.60. The average Bonchev–Trinajstić information content (AvgIpc) is 3.18. The minimum Gasteiger partial charge on any atom is -0.465 e. The van der Waals surface area contributed by atoms with Gasteiger partial charge in [0.25, 0.3) is 5.60 Å². The summed E-state index contributed by atoms with van der Waals surface area (Å²) in [5, 5.41) is 0. The molecule has 4 nitrogen and oxygen atoms in total. The summed E-state index contributed by atoms with van der Waals surface area (Å²) in [6, 6.07) is 0. The quantitative estimate of drug-likeness (QED) is 0.228. The lowest BCUT2D eigenvalue weighted by Gasteiger charge is -2.38. The third-order valence-corrected chi connectivity index (χ3v) is 5.64. The van der Waals surface area contributed by atoms with Crippen LogP contribution in [0.4, 0.5) is 26.3 Å². The first kappa shape index (κ1) is 23.3. The molecular weight excluding hydrogens is 394 g/mol. The van der Waals surface area contributed by atoms with Crippen molar-refractivity contribution < 1.29 is 45.3 Å². The fourth-order valence-corrected chi connectivity index (χ4v) is 4.32. The Balaban J connectivity index is 1.96. The van der Waals surface area contributed by atoms with Gasteiger partial charge in [0.15, 0.2) is 6.29 Å². The molecular formula is C18H26F6O4. The smallest absolute Gasteiger partial charge is 0.426 e. The van der Waals surface area contributed by atoms with Crippen LogP contribution in [0.25, 0.3) is 0 Å². The predicted octanol–water partition coefficient (Wildman–Crippen LogP) is 5.01. The largest absolute Gasteiger partial charge is 0.465 e. The number of halogens is 6. The Kier molecular flexibility index (Phi) is 7.28. The van der Waals surface area contributed by atoms with Crippen LogP contribution in [0.5, 0.6) is 0 Å². The Morgan fingerprint density at radius 2 is 1.71 bits per heavy atom. The van der Waals surface area contributed by atoms with Crippen LogP contribution in [0, 0.1) is 17.8 Å². The molecule has 0 saturated heterocycles. The Bertz CT molecular complexity index is 519. The molecule has 28 heavy (non-hydrogen) atoms. The van der Waals surface area contributed by atoms with E-state index in [2.05, 4.69) is 4.74 Å². The summed E-state index contributed by atoms with van der Waals surface area (Å²) in [4.78, 5) is 12.1. The molecule has 0 aliphatic heterocycles. The number of carbonyl (C=O) groups is 1. The second-order valence-electron chi connectivity index (χ2n) is 7.52. The van der Waals surface area contributed by atoms with Crippen LogP contribution in [0.3, 0.4) is 0 Å². The lowest BCUT2D eigenvalue weighted by atomic mass is 9.89. The minimum absolute atomic E-state index is 0.103. The Labute approximate surface area is 159 Å². The molecule has 0 N–H and O–H groups in total. The van der Waals surface area contributed by atoms with Crippen molar-refractivity contribution in [3.63, 3.8) is 0 Å². The van der Waals surface area contributed by atoms with Crippen LogP contribution in [0.2, 0.25) is 0 Å².